The van der Waals surface area contributed by atoms with Gasteiger partial charge in [0.05, 0.1) is 28.3 Å². The topological polar surface area (TPSA) is 125 Å². The van der Waals surface area contributed by atoms with Crippen LogP contribution in [0.2, 0.25) is 0 Å². The molecule has 0 aliphatic carbocycles. The average Bonchev–Trinajstić information content (AvgIpc) is 3.02. The Bertz CT molecular complexity index is 993. The van der Waals surface area contributed by atoms with Crippen molar-refractivity contribution in [2.75, 3.05) is 20.5 Å². The summed E-state index contributed by atoms with van der Waals surface area (Å²) in [5.41, 5.74) is -0.611. The fraction of sp³-hybridized carbons (Fsp3) is 0.730. The van der Waals surface area contributed by atoms with Crippen molar-refractivity contribution in [2.24, 2.45) is 27.6 Å². The van der Waals surface area contributed by atoms with Gasteiger partial charge in [-0.05, 0) is 92.6 Å². The molecule has 9 nitrogen and oxygen atoms in total. The first-order valence-corrected chi connectivity index (χ1v) is 16.3. The van der Waals surface area contributed by atoms with Crippen LogP contribution in [0.3, 0.4) is 0 Å². The second-order valence-corrected chi connectivity index (χ2v) is 14.1. The maximum absolute atomic E-state index is 11.6. The number of methoxy groups -OCH3 is 1. The molecule has 1 N–H and O–H groups in total. The smallest absolute Gasteiger partial charge is 0.313 e. The van der Waals surface area contributed by atoms with E-state index in [2.05, 4.69) is 4.74 Å². The second-order valence-electron chi connectivity index (χ2n) is 14.1. The quantitative estimate of drug-likeness (QED) is 0.119. The lowest BCUT2D eigenvalue weighted by Crippen LogP contribution is -2.26. The van der Waals surface area contributed by atoms with Crippen LogP contribution in [-0.4, -0.2) is 49.5 Å². The molecular weight excluding hydrogens is 588 g/mol. The van der Waals surface area contributed by atoms with Crippen molar-refractivity contribution < 1.29 is 43.2 Å². The predicted molar refractivity (Wildman–Crippen MR) is 184 cm³/mol. The summed E-state index contributed by atoms with van der Waals surface area (Å²) in [7, 11) is 1.49. The van der Waals surface area contributed by atoms with Crippen molar-refractivity contribution in [3.8, 4) is 0 Å². The zero-order chi connectivity index (χ0) is 36.8. The van der Waals surface area contributed by atoms with Crippen molar-refractivity contribution >= 4 is 23.9 Å². The molecule has 0 amide bonds. The van der Waals surface area contributed by atoms with Gasteiger partial charge in [0, 0.05) is 7.11 Å². The van der Waals surface area contributed by atoms with Gasteiger partial charge in [0.15, 0.2) is 6.79 Å². The van der Waals surface area contributed by atoms with E-state index in [0.29, 0.717) is 25.6 Å². The van der Waals surface area contributed by atoms with E-state index in [-0.39, 0.29) is 35.5 Å². The summed E-state index contributed by atoms with van der Waals surface area (Å²) in [6.45, 7) is 27.6. The van der Waals surface area contributed by atoms with Crippen LogP contribution >= 0.6 is 0 Å². The summed E-state index contributed by atoms with van der Waals surface area (Å²) < 4.78 is 19.8. The number of esters is 3. The second kappa shape index (κ2) is 23.4. The predicted octanol–water partition coefficient (Wildman–Crippen LogP) is 8.86. The maximum Gasteiger partial charge on any atom is 0.313 e. The molecule has 268 valence electrons. The molecule has 1 aromatic rings. The largest absolute Gasteiger partial charge is 0.481 e. The van der Waals surface area contributed by atoms with Gasteiger partial charge in [-0.2, -0.15) is 0 Å². The van der Waals surface area contributed by atoms with Gasteiger partial charge in [-0.25, -0.2) is 0 Å². The Morgan fingerprint density at radius 2 is 1.00 bits per heavy atom. The van der Waals surface area contributed by atoms with Gasteiger partial charge in [-0.3, -0.25) is 19.2 Å². The van der Waals surface area contributed by atoms with Crippen molar-refractivity contribution in [1.82, 2.24) is 0 Å². The molecule has 0 fully saturated rings. The van der Waals surface area contributed by atoms with Crippen LogP contribution < -0.4 is 0 Å². The molecule has 0 unspecified atom stereocenters. The number of hydrogen-bond acceptors (Lipinski definition) is 8. The lowest BCUT2D eigenvalue weighted by Gasteiger charge is -2.20. The van der Waals surface area contributed by atoms with Crippen molar-refractivity contribution in [3.05, 3.63) is 35.9 Å². The van der Waals surface area contributed by atoms with Crippen LogP contribution in [0.1, 0.15) is 128 Å². The summed E-state index contributed by atoms with van der Waals surface area (Å²) in [5, 5.41) is 8.44. The van der Waals surface area contributed by atoms with E-state index in [4.69, 9.17) is 19.3 Å². The number of aliphatic carboxylic acids is 1. The van der Waals surface area contributed by atoms with E-state index in [0.717, 1.165) is 24.8 Å². The zero-order valence-electron chi connectivity index (χ0n) is 31.6. The summed E-state index contributed by atoms with van der Waals surface area (Å²) in [5.74, 6) is -0.726. The normalized spacial score (nSPS) is 11.4. The molecule has 1 aromatic carbocycles. The van der Waals surface area contributed by atoms with Crippen molar-refractivity contribution in [2.45, 2.75) is 129 Å². The number of carboxylic acids is 1. The number of carboxylic acid groups (broad SMARTS) is 1. The first-order valence-electron chi connectivity index (χ1n) is 16.3. The fourth-order valence-corrected chi connectivity index (χ4v) is 2.25. The number of hydrogen-bond donors (Lipinski definition) is 1. The van der Waals surface area contributed by atoms with E-state index in [1.54, 1.807) is 13.8 Å². The molecule has 0 bridgehead atoms. The Kier molecular flexibility index (Phi) is 24.1. The molecule has 0 aliphatic heterocycles. The van der Waals surface area contributed by atoms with Crippen LogP contribution in [-0.2, 0) is 44.7 Å². The summed E-state index contributed by atoms with van der Waals surface area (Å²) in [6, 6.07) is 9.72. The summed E-state index contributed by atoms with van der Waals surface area (Å²) >= 11 is 0. The molecule has 9 heteroatoms. The molecular formula is C37H66O9. The number of carbonyl (C=O) groups excluding carboxylic acids is 3. The number of ether oxygens (including phenoxy) is 4. The van der Waals surface area contributed by atoms with Crippen LogP contribution in [0.4, 0.5) is 0 Å². The van der Waals surface area contributed by atoms with Gasteiger partial charge in [-0.1, -0.05) is 71.9 Å². The molecule has 0 radical (unpaired) electrons. The Balaban J connectivity index is -0.000000549. The van der Waals surface area contributed by atoms with E-state index in [1.807, 2.05) is 113 Å². The molecule has 0 saturated heterocycles. The lowest BCUT2D eigenvalue weighted by atomic mass is 9.91. The van der Waals surface area contributed by atoms with Crippen LogP contribution in [0, 0.1) is 27.6 Å². The molecule has 0 spiro atoms. The number of carbonyl (C=O) groups is 4. The molecule has 1 rings (SSSR count). The van der Waals surface area contributed by atoms with Crippen molar-refractivity contribution in [3.63, 3.8) is 0 Å². The number of rotatable bonds is 14. The van der Waals surface area contributed by atoms with Crippen LogP contribution in [0.25, 0.3) is 0 Å². The summed E-state index contributed by atoms with van der Waals surface area (Å²) in [4.78, 5) is 44.4. The highest BCUT2D eigenvalue weighted by Crippen LogP contribution is 2.23. The van der Waals surface area contributed by atoms with Gasteiger partial charge in [-0.15, -0.1) is 0 Å². The highest BCUT2D eigenvalue weighted by Gasteiger charge is 2.28. The highest BCUT2D eigenvalue weighted by atomic mass is 16.7. The average molecular weight is 655 g/mol. The third-order valence-electron chi connectivity index (χ3n) is 7.84. The maximum atomic E-state index is 11.6. The van der Waals surface area contributed by atoms with E-state index in [1.165, 1.54) is 7.11 Å². The summed E-state index contributed by atoms with van der Waals surface area (Å²) in [6.07, 6.45) is 3.07. The SMILES string of the molecule is CCC(C)(C)C(=O)O.CCC(C)(C)C(=O)OCC(C)C.CCC(C)(C)C(=O)OCOC.CCC(C)(C)C(=O)OCc1ccccc1. The third kappa shape index (κ3) is 21.7. The highest BCUT2D eigenvalue weighted by molar-refractivity contribution is 5.76. The Morgan fingerprint density at radius 1 is 0.630 bits per heavy atom. The molecule has 0 saturated carbocycles. The van der Waals surface area contributed by atoms with Gasteiger partial charge in [0.1, 0.15) is 6.61 Å². The zero-order valence-corrected chi connectivity index (χ0v) is 31.6. The Morgan fingerprint density at radius 3 is 1.30 bits per heavy atom. The molecule has 0 aliphatic rings. The van der Waals surface area contributed by atoms with Gasteiger partial charge >= 0.3 is 23.9 Å². The molecule has 0 aromatic heterocycles. The minimum atomic E-state index is -0.722. The fourth-order valence-electron chi connectivity index (χ4n) is 2.25. The number of benzene rings is 1. The first kappa shape index (κ1) is 47.5. The Labute approximate surface area is 280 Å². The van der Waals surface area contributed by atoms with E-state index >= 15 is 0 Å². The standard InChI is InChI=1S/C13H18O2.C10H20O2.C8H16O3.C6H12O2/c1-4-13(2,3)12(14)15-10-11-8-6-5-7-9-11;1-6-10(4,5)9(11)12-7-8(2)3;1-5-8(2,3)7(9)11-6-10-4;1-4-6(2,3)5(7)8/h5-9H,4,10H2,1-3H3;8H,6-7H2,1-5H3;5-6H2,1-4H3;4H2,1-3H3,(H,7,8). The molecule has 0 atom stereocenters. The van der Waals surface area contributed by atoms with E-state index in [9.17, 15) is 19.2 Å². The monoisotopic (exact) mass is 654 g/mol. The third-order valence-corrected chi connectivity index (χ3v) is 7.84. The lowest BCUT2D eigenvalue weighted by molar-refractivity contribution is -0.164. The Hall–Kier alpha value is -2.94. The minimum Gasteiger partial charge on any atom is -0.481 e. The molecule has 0 heterocycles. The van der Waals surface area contributed by atoms with E-state index < -0.39 is 16.8 Å². The van der Waals surface area contributed by atoms with Crippen LogP contribution in [0.15, 0.2) is 30.3 Å². The first-order chi connectivity index (χ1) is 21.0. The minimum absolute atomic E-state index is 0.0439. The van der Waals surface area contributed by atoms with Gasteiger partial charge in [0.2, 0.25) is 0 Å². The van der Waals surface area contributed by atoms with Gasteiger partial charge in [0.25, 0.3) is 0 Å². The molecule has 46 heavy (non-hydrogen) atoms. The van der Waals surface area contributed by atoms with Crippen molar-refractivity contribution in [1.29, 1.82) is 0 Å². The van der Waals surface area contributed by atoms with Gasteiger partial charge < -0.3 is 24.1 Å². The van der Waals surface area contributed by atoms with Crippen LogP contribution in [0.5, 0.6) is 0 Å².